The summed E-state index contributed by atoms with van der Waals surface area (Å²) in [6.45, 7) is 6.06. The van der Waals surface area contributed by atoms with E-state index in [0.29, 0.717) is 18.1 Å². The number of rotatable bonds is 4. The first kappa shape index (κ1) is 11.0. The molecule has 1 aliphatic heterocycles. The number of aliphatic hydroxyl groups excluding tert-OH is 1. The Morgan fingerprint density at radius 2 is 2.15 bits per heavy atom. The van der Waals surface area contributed by atoms with E-state index in [2.05, 4.69) is 19.2 Å². The lowest BCUT2D eigenvalue weighted by Gasteiger charge is -2.42. The van der Waals surface area contributed by atoms with Crippen LogP contribution in [0.4, 0.5) is 0 Å². The maximum atomic E-state index is 8.87. The van der Waals surface area contributed by atoms with Gasteiger partial charge in [0.05, 0.1) is 0 Å². The highest BCUT2D eigenvalue weighted by atomic mass is 16.2. The lowest BCUT2D eigenvalue weighted by atomic mass is 9.76. The van der Waals surface area contributed by atoms with E-state index in [9.17, 15) is 0 Å². The zero-order chi connectivity index (χ0) is 9.73. The van der Waals surface area contributed by atoms with Crippen molar-refractivity contribution < 1.29 is 5.11 Å². The van der Waals surface area contributed by atoms with Crippen molar-refractivity contribution in [3.63, 3.8) is 0 Å². The summed E-state index contributed by atoms with van der Waals surface area (Å²) in [6, 6.07) is 0. The van der Waals surface area contributed by atoms with Crippen LogP contribution in [0.5, 0.6) is 0 Å². The van der Waals surface area contributed by atoms with Gasteiger partial charge in [0.15, 0.2) is 0 Å². The van der Waals surface area contributed by atoms with E-state index in [-0.39, 0.29) is 0 Å². The quantitative estimate of drug-likeness (QED) is 0.701. The molecule has 0 saturated carbocycles. The summed E-state index contributed by atoms with van der Waals surface area (Å²) < 4.78 is 0. The van der Waals surface area contributed by atoms with Crippen LogP contribution in [0.3, 0.4) is 0 Å². The molecule has 13 heavy (non-hydrogen) atoms. The molecule has 0 amide bonds. The molecular formula is C11H23NO. The van der Waals surface area contributed by atoms with E-state index in [4.69, 9.17) is 5.11 Å². The smallest absolute Gasteiger partial charge is 0.0431 e. The van der Waals surface area contributed by atoms with Crippen LogP contribution in [-0.2, 0) is 0 Å². The second kappa shape index (κ2) is 4.97. The van der Waals surface area contributed by atoms with Crippen molar-refractivity contribution >= 4 is 0 Å². The van der Waals surface area contributed by atoms with Gasteiger partial charge in [-0.15, -0.1) is 0 Å². The lowest BCUT2D eigenvalue weighted by Crippen LogP contribution is -2.52. The van der Waals surface area contributed by atoms with E-state index < -0.39 is 0 Å². The Morgan fingerprint density at radius 3 is 2.62 bits per heavy atom. The van der Waals surface area contributed by atoms with Crippen LogP contribution >= 0.6 is 0 Å². The molecule has 0 radical (unpaired) electrons. The van der Waals surface area contributed by atoms with Crippen LogP contribution < -0.4 is 5.32 Å². The minimum absolute atomic E-state index is 0.320. The Balaban J connectivity index is 2.51. The predicted octanol–water partition coefficient (Wildman–Crippen LogP) is 1.93. The Hall–Kier alpha value is -0.0800. The molecule has 0 aromatic heterocycles. The Kier molecular flexibility index (Phi) is 4.20. The van der Waals surface area contributed by atoms with Gasteiger partial charge in [-0.3, -0.25) is 0 Å². The molecule has 1 fully saturated rings. The highest BCUT2D eigenvalue weighted by Crippen LogP contribution is 2.31. The molecule has 2 nitrogen and oxygen atoms in total. The highest BCUT2D eigenvalue weighted by Gasteiger charge is 2.33. The zero-order valence-corrected chi connectivity index (χ0v) is 8.97. The van der Waals surface area contributed by atoms with Crippen molar-refractivity contribution in [2.24, 2.45) is 5.92 Å². The topological polar surface area (TPSA) is 32.3 Å². The van der Waals surface area contributed by atoms with Gasteiger partial charge in [0.2, 0.25) is 0 Å². The molecule has 78 valence electrons. The average molecular weight is 185 g/mol. The van der Waals surface area contributed by atoms with Crippen molar-refractivity contribution in [2.75, 3.05) is 13.2 Å². The van der Waals surface area contributed by atoms with Crippen LogP contribution in [0.2, 0.25) is 0 Å². The number of piperidine rings is 1. The van der Waals surface area contributed by atoms with Crippen molar-refractivity contribution in [1.29, 1.82) is 0 Å². The molecule has 1 heterocycles. The zero-order valence-electron chi connectivity index (χ0n) is 8.97. The van der Waals surface area contributed by atoms with Gasteiger partial charge in [0, 0.05) is 12.1 Å². The van der Waals surface area contributed by atoms with Crippen molar-refractivity contribution in [1.82, 2.24) is 5.32 Å². The number of hydrogen-bond donors (Lipinski definition) is 2. The molecule has 0 aromatic carbocycles. The van der Waals surface area contributed by atoms with Gasteiger partial charge in [-0.2, -0.15) is 0 Å². The van der Waals surface area contributed by atoms with E-state index in [1.807, 2.05) is 0 Å². The minimum atomic E-state index is 0.320. The predicted molar refractivity (Wildman–Crippen MR) is 55.7 cm³/mol. The van der Waals surface area contributed by atoms with Gasteiger partial charge in [-0.1, -0.05) is 20.3 Å². The molecule has 1 saturated heterocycles. The van der Waals surface area contributed by atoms with Crippen LogP contribution in [-0.4, -0.2) is 23.8 Å². The molecule has 0 aliphatic carbocycles. The van der Waals surface area contributed by atoms with Gasteiger partial charge < -0.3 is 10.4 Å². The first-order valence-electron chi connectivity index (χ1n) is 5.57. The van der Waals surface area contributed by atoms with Gasteiger partial charge >= 0.3 is 0 Å². The maximum absolute atomic E-state index is 8.87. The summed E-state index contributed by atoms with van der Waals surface area (Å²) >= 11 is 0. The van der Waals surface area contributed by atoms with Gasteiger partial charge in [0.1, 0.15) is 0 Å². The maximum Gasteiger partial charge on any atom is 0.0431 e. The van der Waals surface area contributed by atoms with E-state index in [1.54, 1.807) is 0 Å². The van der Waals surface area contributed by atoms with E-state index >= 15 is 0 Å². The third-order valence-corrected chi connectivity index (χ3v) is 3.41. The third kappa shape index (κ3) is 2.68. The lowest BCUT2D eigenvalue weighted by molar-refractivity contribution is 0.152. The summed E-state index contributed by atoms with van der Waals surface area (Å²) in [4.78, 5) is 0. The average Bonchev–Trinajstić information content (AvgIpc) is 2.16. The van der Waals surface area contributed by atoms with Crippen LogP contribution in [0.1, 0.15) is 46.0 Å². The van der Waals surface area contributed by atoms with Crippen molar-refractivity contribution in [3.8, 4) is 0 Å². The van der Waals surface area contributed by atoms with E-state index in [1.165, 1.54) is 19.3 Å². The summed E-state index contributed by atoms with van der Waals surface area (Å²) in [6.07, 6.45) is 6.00. The number of nitrogens with one attached hydrogen (secondary N) is 1. The second-order valence-electron chi connectivity index (χ2n) is 4.52. The largest absolute Gasteiger partial charge is 0.396 e. The van der Waals surface area contributed by atoms with Gasteiger partial charge in [-0.05, 0) is 38.1 Å². The summed E-state index contributed by atoms with van der Waals surface area (Å²) in [5.74, 6) is 0.680. The molecule has 2 N–H and O–H groups in total. The molecule has 0 bridgehead atoms. The standard InChI is InChI=1S/C11H23NO/c1-10(2)11(7-5-9-13)6-3-4-8-12-11/h10,12-13H,3-9H2,1-2H3. The Morgan fingerprint density at radius 1 is 1.38 bits per heavy atom. The Labute approximate surface area is 81.7 Å². The van der Waals surface area contributed by atoms with Gasteiger partial charge in [0.25, 0.3) is 0 Å². The monoisotopic (exact) mass is 185 g/mol. The number of hydrogen-bond acceptors (Lipinski definition) is 2. The third-order valence-electron chi connectivity index (χ3n) is 3.41. The molecule has 1 unspecified atom stereocenters. The molecule has 1 atom stereocenters. The SMILES string of the molecule is CC(C)C1(CCCO)CCCCN1. The summed E-state index contributed by atoms with van der Waals surface area (Å²) in [7, 11) is 0. The van der Waals surface area contributed by atoms with E-state index in [0.717, 1.165) is 19.4 Å². The fraction of sp³-hybridized carbons (Fsp3) is 1.00. The molecular weight excluding hydrogens is 162 g/mol. The first-order valence-corrected chi connectivity index (χ1v) is 5.57. The van der Waals surface area contributed by atoms with Crippen LogP contribution in [0.15, 0.2) is 0 Å². The molecule has 0 aromatic rings. The van der Waals surface area contributed by atoms with Crippen molar-refractivity contribution in [3.05, 3.63) is 0 Å². The molecule has 1 rings (SSSR count). The highest BCUT2D eigenvalue weighted by molar-refractivity contribution is 4.93. The van der Waals surface area contributed by atoms with Gasteiger partial charge in [-0.25, -0.2) is 0 Å². The van der Waals surface area contributed by atoms with Crippen LogP contribution in [0.25, 0.3) is 0 Å². The van der Waals surface area contributed by atoms with Crippen molar-refractivity contribution in [2.45, 2.75) is 51.5 Å². The molecule has 0 spiro atoms. The summed E-state index contributed by atoms with van der Waals surface area (Å²) in [5, 5.41) is 12.5. The first-order chi connectivity index (χ1) is 6.21. The molecule has 2 heteroatoms. The normalized spacial score (nSPS) is 29.5. The fourth-order valence-electron chi connectivity index (χ4n) is 2.38. The Bertz CT molecular complexity index is 139. The summed E-state index contributed by atoms with van der Waals surface area (Å²) in [5.41, 5.74) is 0.320. The number of aliphatic hydroxyl groups is 1. The minimum Gasteiger partial charge on any atom is -0.396 e. The molecule has 1 aliphatic rings. The van der Waals surface area contributed by atoms with Crippen LogP contribution in [0, 0.1) is 5.92 Å². The fourth-order valence-corrected chi connectivity index (χ4v) is 2.38. The second-order valence-corrected chi connectivity index (χ2v) is 4.52.